The van der Waals surface area contributed by atoms with Gasteiger partial charge < -0.3 is 5.32 Å². The van der Waals surface area contributed by atoms with Crippen molar-refractivity contribution in [2.24, 2.45) is 5.10 Å². The molecule has 0 aromatic heterocycles. The topological polar surface area (TPSA) is 61.8 Å². The highest BCUT2D eigenvalue weighted by Gasteiger charge is 2.28. The number of rotatable bonds is 2. The lowest BCUT2D eigenvalue weighted by Crippen LogP contribution is -2.34. The first-order valence-corrected chi connectivity index (χ1v) is 6.88. The minimum absolute atomic E-state index is 0.0195. The minimum atomic E-state index is -0.707. The van der Waals surface area contributed by atoms with Gasteiger partial charge in [0, 0.05) is 5.02 Å². The molecule has 1 aliphatic heterocycles. The van der Waals surface area contributed by atoms with Gasteiger partial charge in [-0.15, -0.1) is 11.6 Å². The van der Waals surface area contributed by atoms with Crippen molar-refractivity contribution < 1.29 is 9.59 Å². The van der Waals surface area contributed by atoms with Crippen molar-refractivity contribution in [1.82, 2.24) is 5.32 Å². The van der Waals surface area contributed by atoms with Gasteiger partial charge in [-0.2, -0.15) is 10.1 Å². The van der Waals surface area contributed by atoms with Crippen LogP contribution in [0.4, 0.5) is 5.69 Å². The number of carbonyl (C=O) groups is 2. The highest BCUT2D eigenvalue weighted by atomic mass is 35.5. The molecule has 1 aromatic carbocycles. The number of hydrogen-bond donors (Lipinski definition) is 1. The lowest BCUT2D eigenvalue weighted by Gasteiger charge is -2.13. The number of carbonyl (C=O) groups excluding carboxylic acids is 2. The molecule has 0 spiro atoms. The number of hydrogen-bond acceptors (Lipinski definition) is 3. The summed E-state index contributed by atoms with van der Waals surface area (Å²) in [5.41, 5.74) is 0.407. The third-order valence-electron chi connectivity index (χ3n) is 2.54. The Bertz CT molecular complexity index is 602. The quantitative estimate of drug-likeness (QED) is 0.845. The van der Waals surface area contributed by atoms with Crippen LogP contribution in [-0.2, 0) is 9.59 Å². The van der Waals surface area contributed by atoms with E-state index < -0.39 is 11.3 Å². The molecule has 2 amide bonds. The van der Waals surface area contributed by atoms with Gasteiger partial charge >= 0.3 is 0 Å². The number of alkyl halides is 1. The van der Waals surface area contributed by atoms with Crippen LogP contribution in [0.5, 0.6) is 0 Å². The molecular weight excluding hydrogens is 325 g/mol. The van der Waals surface area contributed by atoms with Gasteiger partial charge in [0.2, 0.25) is 5.91 Å². The molecule has 0 saturated heterocycles. The van der Waals surface area contributed by atoms with E-state index in [4.69, 9.17) is 34.8 Å². The van der Waals surface area contributed by atoms with Crippen molar-refractivity contribution in [2.45, 2.75) is 18.7 Å². The van der Waals surface area contributed by atoms with E-state index in [0.29, 0.717) is 15.7 Å². The first-order valence-electron chi connectivity index (χ1n) is 5.69. The van der Waals surface area contributed by atoms with Gasteiger partial charge in [0.15, 0.2) is 0 Å². The monoisotopic (exact) mass is 333 g/mol. The predicted octanol–water partition coefficient (Wildman–Crippen LogP) is 2.79. The predicted molar refractivity (Wildman–Crippen MR) is 79.5 cm³/mol. The smallest absolute Gasteiger partial charge is 0.255 e. The van der Waals surface area contributed by atoms with Crippen LogP contribution in [0.2, 0.25) is 10.0 Å². The van der Waals surface area contributed by atoms with Crippen molar-refractivity contribution in [1.29, 1.82) is 0 Å². The summed E-state index contributed by atoms with van der Waals surface area (Å²) in [6.45, 7) is 1.53. The second-order valence-corrected chi connectivity index (χ2v) is 5.63. The molecule has 20 heavy (non-hydrogen) atoms. The molecule has 1 aliphatic rings. The van der Waals surface area contributed by atoms with Crippen LogP contribution in [-0.4, -0.2) is 23.0 Å². The molecule has 0 saturated carbocycles. The number of anilines is 1. The van der Waals surface area contributed by atoms with Crippen molar-refractivity contribution in [3.63, 3.8) is 0 Å². The molecule has 8 heteroatoms. The molecule has 1 unspecified atom stereocenters. The second kappa shape index (κ2) is 5.99. The van der Waals surface area contributed by atoms with Gasteiger partial charge in [-0.05, 0) is 25.1 Å². The number of nitrogens with one attached hydrogen (secondary N) is 1. The van der Waals surface area contributed by atoms with Gasteiger partial charge in [0.1, 0.15) is 11.2 Å². The third-order valence-corrected chi connectivity index (χ3v) is 3.28. The van der Waals surface area contributed by atoms with E-state index >= 15 is 0 Å². The van der Waals surface area contributed by atoms with Crippen LogP contribution in [0.25, 0.3) is 0 Å². The molecule has 0 aliphatic carbocycles. The summed E-state index contributed by atoms with van der Waals surface area (Å²) >= 11 is 17.5. The van der Waals surface area contributed by atoms with E-state index in [9.17, 15) is 9.59 Å². The normalized spacial score (nSPS) is 16.1. The number of hydrazone groups is 1. The molecule has 106 valence electrons. The summed E-state index contributed by atoms with van der Waals surface area (Å²) in [7, 11) is 0. The fourth-order valence-corrected chi connectivity index (χ4v) is 2.13. The maximum Gasteiger partial charge on any atom is 0.255 e. The van der Waals surface area contributed by atoms with E-state index in [1.165, 1.54) is 13.0 Å². The molecule has 2 rings (SSSR count). The third kappa shape index (κ3) is 3.23. The Morgan fingerprint density at radius 2 is 2.15 bits per heavy atom. The van der Waals surface area contributed by atoms with Crippen molar-refractivity contribution in [3.8, 4) is 0 Å². The second-order valence-electron chi connectivity index (χ2n) is 4.13. The highest BCUT2D eigenvalue weighted by Crippen LogP contribution is 2.31. The Hall–Kier alpha value is -1.30. The van der Waals surface area contributed by atoms with Gasteiger partial charge in [0.05, 0.1) is 17.1 Å². The summed E-state index contributed by atoms with van der Waals surface area (Å²) in [5, 5.41) is 7.70. The Labute approximate surface area is 130 Å². The van der Waals surface area contributed by atoms with Gasteiger partial charge in [-0.1, -0.05) is 23.2 Å². The Balaban J connectivity index is 2.22. The zero-order valence-electron chi connectivity index (χ0n) is 10.4. The number of amides is 2. The average Bonchev–Trinajstić information content (AvgIpc) is 2.70. The van der Waals surface area contributed by atoms with E-state index in [1.54, 1.807) is 12.1 Å². The molecule has 1 aromatic rings. The Morgan fingerprint density at radius 3 is 2.75 bits per heavy atom. The van der Waals surface area contributed by atoms with E-state index in [0.717, 1.165) is 5.01 Å². The van der Waals surface area contributed by atoms with Crippen LogP contribution in [0.1, 0.15) is 13.3 Å². The molecule has 5 nitrogen and oxygen atoms in total. The molecule has 1 N–H and O–H groups in total. The molecule has 0 radical (unpaired) electrons. The van der Waals surface area contributed by atoms with Crippen LogP contribution < -0.4 is 10.3 Å². The lowest BCUT2D eigenvalue weighted by molar-refractivity contribution is -0.119. The molecule has 1 heterocycles. The number of amidine groups is 1. The lowest BCUT2D eigenvalue weighted by atomic mass is 10.3. The van der Waals surface area contributed by atoms with E-state index in [1.807, 2.05) is 0 Å². The zero-order chi connectivity index (χ0) is 14.9. The Kier molecular flexibility index (Phi) is 4.52. The summed E-state index contributed by atoms with van der Waals surface area (Å²) in [6.07, 6.45) is -0.0195. The van der Waals surface area contributed by atoms with Crippen molar-refractivity contribution >= 4 is 58.1 Å². The van der Waals surface area contributed by atoms with E-state index in [2.05, 4.69) is 10.4 Å². The molecular formula is C12H10Cl3N3O2. The standard InChI is InChI=1S/C12H10Cl3N3O2/c1-6(13)12(20)16-10-5-11(19)18(17-10)9-3-2-7(14)4-8(9)15/h2-4,6H,5H2,1H3,(H,16,17,20). The zero-order valence-corrected chi connectivity index (χ0v) is 12.6. The summed E-state index contributed by atoms with van der Waals surface area (Å²) < 4.78 is 0. The molecule has 1 atom stereocenters. The Morgan fingerprint density at radius 1 is 1.45 bits per heavy atom. The van der Waals surface area contributed by atoms with Crippen LogP contribution in [0, 0.1) is 0 Å². The highest BCUT2D eigenvalue weighted by molar-refractivity contribution is 6.37. The fourth-order valence-electron chi connectivity index (χ4n) is 1.58. The van der Waals surface area contributed by atoms with Crippen LogP contribution in [0.3, 0.4) is 0 Å². The summed E-state index contributed by atoms with van der Waals surface area (Å²) in [5.74, 6) is -0.479. The average molecular weight is 335 g/mol. The minimum Gasteiger partial charge on any atom is -0.311 e. The van der Waals surface area contributed by atoms with Crippen LogP contribution >= 0.6 is 34.8 Å². The van der Waals surface area contributed by atoms with Gasteiger partial charge in [-0.25, -0.2) is 0 Å². The molecule has 0 bridgehead atoms. The largest absolute Gasteiger partial charge is 0.311 e. The van der Waals surface area contributed by atoms with Gasteiger partial charge in [0.25, 0.3) is 5.91 Å². The number of nitrogens with zero attached hydrogens (tertiary/aromatic N) is 2. The maximum atomic E-state index is 11.9. The van der Waals surface area contributed by atoms with Crippen LogP contribution in [0.15, 0.2) is 23.3 Å². The maximum absolute atomic E-state index is 11.9. The SMILES string of the molecule is CC(Cl)C(=O)NC1=NN(c2ccc(Cl)cc2Cl)C(=O)C1. The molecule has 0 fully saturated rings. The van der Waals surface area contributed by atoms with E-state index in [-0.39, 0.29) is 18.2 Å². The number of benzene rings is 1. The first kappa shape index (κ1) is 15.1. The number of halogens is 3. The summed E-state index contributed by atoms with van der Waals surface area (Å²) in [4.78, 5) is 23.4. The van der Waals surface area contributed by atoms with Crippen molar-refractivity contribution in [2.75, 3.05) is 5.01 Å². The van der Waals surface area contributed by atoms with Crippen molar-refractivity contribution in [3.05, 3.63) is 28.2 Å². The fraction of sp³-hybridized carbons (Fsp3) is 0.250. The first-order chi connectivity index (χ1) is 9.38. The van der Waals surface area contributed by atoms with Gasteiger partial charge in [-0.3, -0.25) is 9.59 Å². The summed E-state index contributed by atoms with van der Waals surface area (Å²) in [6, 6.07) is 4.70.